The average Bonchev–Trinajstić information content (AvgIpc) is 3.28. The van der Waals surface area contributed by atoms with E-state index in [1.54, 1.807) is 18.2 Å². The van der Waals surface area contributed by atoms with Gasteiger partial charge in [0.2, 0.25) is 11.8 Å². The summed E-state index contributed by atoms with van der Waals surface area (Å²) in [7, 11) is 0. The van der Waals surface area contributed by atoms with Crippen LogP contribution in [0.5, 0.6) is 5.75 Å². The van der Waals surface area contributed by atoms with Crippen molar-refractivity contribution in [1.82, 2.24) is 10.6 Å². The summed E-state index contributed by atoms with van der Waals surface area (Å²) in [5, 5.41) is 5.21. The van der Waals surface area contributed by atoms with Gasteiger partial charge >= 0.3 is 0 Å². The third-order valence-corrected chi connectivity index (χ3v) is 4.00. The van der Waals surface area contributed by atoms with Crippen molar-refractivity contribution in [2.75, 3.05) is 6.54 Å². The Balaban J connectivity index is 1.42. The predicted octanol–water partition coefficient (Wildman–Crippen LogP) is 3.30. The molecule has 0 radical (unpaired) electrons. The molecular weight excluding hydrogens is 368 g/mol. The maximum atomic E-state index is 11.9. The predicted molar refractivity (Wildman–Crippen MR) is 110 cm³/mol. The minimum Gasteiger partial charge on any atom is -0.489 e. The lowest BCUT2D eigenvalue weighted by Gasteiger charge is -2.07. The van der Waals surface area contributed by atoms with Crippen LogP contribution in [-0.4, -0.2) is 18.4 Å². The molecule has 2 amide bonds. The van der Waals surface area contributed by atoms with E-state index in [1.165, 1.54) is 12.3 Å². The molecule has 3 rings (SSSR count). The van der Waals surface area contributed by atoms with Crippen molar-refractivity contribution in [3.8, 4) is 5.75 Å². The first-order valence-corrected chi connectivity index (χ1v) is 9.21. The van der Waals surface area contributed by atoms with Crippen molar-refractivity contribution in [1.29, 1.82) is 0 Å². The Hall–Kier alpha value is -3.80. The number of nitrogens with one attached hydrogen (secondary N) is 2. The molecule has 0 aliphatic heterocycles. The molecule has 0 saturated heterocycles. The van der Waals surface area contributed by atoms with E-state index in [0.717, 1.165) is 11.1 Å². The van der Waals surface area contributed by atoms with E-state index in [1.807, 2.05) is 54.6 Å². The summed E-state index contributed by atoms with van der Waals surface area (Å²) >= 11 is 0. The van der Waals surface area contributed by atoms with Crippen LogP contribution in [0.25, 0.3) is 6.08 Å². The molecule has 0 atom stereocenters. The summed E-state index contributed by atoms with van der Waals surface area (Å²) in [6, 6.07) is 20.8. The van der Waals surface area contributed by atoms with Gasteiger partial charge in [-0.3, -0.25) is 9.59 Å². The molecule has 0 aliphatic rings. The fraction of sp³-hybridized carbons (Fsp3) is 0.130. The highest BCUT2D eigenvalue weighted by Gasteiger charge is 2.04. The third-order valence-electron chi connectivity index (χ3n) is 4.00. The number of carbonyl (C=O) groups is 2. The van der Waals surface area contributed by atoms with Crippen LogP contribution in [-0.2, 0) is 22.7 Å². The molecule has 6 nitrogen and oxygen atoms in total. The molecule has 0 bridgehead atoms. The van der Waals surface area contributed by atoms with Crippen LogP contribution in [0.3, 0.4) is 0 Å². The van der Waals surface area contributed by atoms with Gasteiger partial charge in [0, 0.05) is 6.08 Å². The highest BCUT2D eigenvalue weighted by Crippen LogP contribution is 2.16. The Morgan fingerprint density at radius 2 is 1.83 bits per heavy atom. The van der Waals surface area contributed by atoms with Gasteiger partial charge in [-0.2, -0.15) is 0 Å². The van der Waals surface area contributed by atoms with E-state index in [2.05, 4.69) is 10.6 Å². The molecule has 0 spiro atoms. The number of hydrogen-bond acceptors (Lipinski definition) is 4. The van der Waals surface area contributed by atoms with Crippen LogP contribution in [0.2, 0.25) is 0 Å². The summed E-state index contributed by atoms with van der Waals surface area (Å²) in [5.74, 6) is 0.723. The average molecular weight is 390 g/mol. The molecule has 0 unspecified atom stereocenters. The Morgan fingerprint density at radius 3 is 2.62 bits per heavy atom. The molecule has 0 saturated carbocycles. The van der Waals surface area contributed by atoms with Crippen LogP contribution < -0.4 is 15.4 Å². The van der Waals surface area contributed by atoms with E-state index in [0.29, 0.717) is 18.1 Å². The fourth-order valence-corrected chi connectivity index (χ4v) is 2.51. The van der Waals surface area contributed by atoms with Crippen molar-refractivity contribution in [2.45, 2.75) is 13.2 Å². The molecule has 1 heterocycles. The quantitative estimate of drug-likeness (QED) is 0.550. The van der Waals surface area contributed by atoms with Crippen molar-refractivity contribution in [3.05, 3.63) is 96.0 Å². The molecule has 6 heteroatoms. The first kappa shape index (κ1) is 19.9. The monoisotopic (exact) mass is 390 g/mol. The third kappa shape index (κ3) is 7.03. The topological polar surface area (TPSA) is 80.6 Å². The number of furan rings is 1. The van der Waals surface area contributed by atoms with Gasteiger partial charge in [-0.15, -0.1) is 0 Å². The van der Waals surface area contributed by atoms with E-state index >= 15 is 0 Å². The first-order chi connectivity index (χ1) is 14.2. The number of carbonyl (C=O) groups excluding carboxylic acids is 2. The zero-order valence-corrected chi connectivity index (χ0v) is 15.8. The lowest BCUT2D eigenvalue weighted by Crippen LogP contribution is -2.35. The van der Waals surface area contributed by atoms with Crippen LogP contribution >= 0.6 is 0 Å². The second-order valence-electron chi connectivity index (χ2n) is 6.25. The van der Waals surface area contributed by atoms with E-state index in [9.17, 15) is 9.59 Å². The summed E-state index contributed by atoms with van der Waals surface area (Å²) < 4.78 is 10.9. The molecule has 2 N–H and O–H groups in total. The second kappa shape index (κ2) is 10.5. The van der Waals surface area contributed by atoms with E-state index in [4.69, 9.17) is 9.15 Å². The number of rotatable bonds is 9. The zero-order valence-electron chi connectivity index (χ0n) is 15.8. The maximum absolute atomic E-state index is 11.9. The van der Waals surface area contributed by atoms with Gasteiger partial charge in [-0.25, -0.2) is 0 Å². The van der Waals surface area contributed by atoms with Gasteiger partial charge in [0.25, 0.3) is 0 Å². The van der Waals surface area contributed by atoms with Gasteiger partial charge < -0.3 is 19.8 Å². The van der Waals surface area contributed by atoms with Gasteiger partial charge in [0.1, 0.15) is 18.1 Å². The van der Waals surface area contributed by atoms with Crippen molar-refractivity contribution >= 4 is 17.9 Å². The Kier molecular flexibility index (Phi) is 7.23. The second-order valence-corrected chi connectivity index (χ2v) is 6.25. The van der Waals surface area contributed by atoms with E-state index < -0.39 is 0 Å². The van der Waals surface area contributed by atoms with E-state index in [-0.39, 0.29) is 24.9 Å². The van der Waals surface area contributed by atoms with Crippen LogP contribution in [0.4, 0.5) is 0 Å². The number of benzene rings is 2. The lowest BCUT2D eigenvalue weighted by molar-refractivity contribution is -0.124. The summed E-state index contributed by atoms with van der Waals surface area (Å²) in [4.78, 5) is 23.7. The maximum Gasteiger partial charge on any atom is 0.244 e. The molecule has 148 valence electrons. The molecule has 0 fully saturated rings. The smallest absolute Gasteiger partial charge is 0.244 e. The summed E-state index contributed by atoms with van der Waals surface area (Å²) in [6.45, 7) is 0.652. The Bertz CT molecular complexity index is 950. The van der Waals surface area contributed by atoms with Gasteiger partial charge in [-0.05, 0) is 41.5 Å². The molecule has 0 aliphatic carbocycles. The lowest BCUT2D eigenvalue weighted by atomic mass is 10.2. The number of amides is 2. The Labute approximate surface area is 169 Å². The van der Waals surface area contributed by atoms with Gasteiger partial charge in [-0.1, -0.05) is 42.5 Å². The largest absolute Gasteiger partial charge is 0.489 e. The Morgan fingerprint density at radius 1 is 0.966 bits per heavy atom. The standard InChI is InChI=1S/C23H22N2O4/c26-22(25-16-23(27)24-15-21-10-5-13-28-21)12-11-18-8-4-9-20(14-18)29-17-19-6-2-1-3-7-19/h1-14H,15-17H2,(H,24,27)(H,25,26)/b12-11+. The van der Waals surface area contributed by atoms with Gasteiger partial charge in [0.05, 0.1) is 19.4 Å². The van der Waals surface area contributed by atoms with Crippen molar-refractivity contribution in [2.24, 2.45) is 0 Å². The number of ether oxygens (including phenoxy) is 1. The summed E-state index contributed by atoms with van der Waals surface area (Å²) in [5.41, 5.74) is 1.91. The molecule has 3 aromatic rings. The zero-order chi connectivity index (χ0) is 20.3. The van der Waals surface area contributed by atoms with Crippen LogP contribution in [0, 0.1) is 0 Å². The van der Waals surface area contributed by atoms with Crippen molar-refractivity contribution in [3.63, 3.8) is 0 Å². The van der Waals surface area contributed by atoms with Crippen molar-refractivity contribution < 1.29 is 18.7 Å². The highest BCUT2D eigenvalue weighted by atomic mass is 16.5. The molecule has 2 aromatic carbocycles. The van der Waals surface area contributed by atoms with Gasteiger partial charge in [0.15, 0.2) is 0 Å². The first-order valence-electron chi connectivity index (χ1n) is 9.21. The molecule has 29 heavy (non-hydrogen) atoms. The number of hydrogen-bond donors (Lipinski definition) is 2. The highest BCUT2D eigenvalue weighted by molar-refractivity contribution is 5.94. The fourth-order valence-electron chi connectivity index (χ4n) is 2.51. The SMILES string of the molecule is O=C(/C=C/c1cccc(OCc2ccccc2)c1)NCC(=O)NCc1ccco1. The normalized spacial score (nSPS) is 10.6. The molecule has 1 aromatic heterocycles. The minimum atomic E-state index is -0.353. The summed E-state index contributed by atoms with van der Waals surface area (Å²) in [6.07, 6.45) is 4.59. The van der Waals surface area contributed by atoms with Crippen LogP contribution in [0.15, 0.2) is 83.5 Å². The van der Waals surface area contributed by atoms with Crippen LogP contribution in [0.1, 0.15) is 16.9 Å². The minimum absolute atomic E-state index is 0.107. The molecular formula is C23H22N2O4.